The van der Waals surface area contributed by atoms with Crippen molar-refractivity contribution in [1.82, 2.24) is 25.5 Å². The minimum Gasteiger partial charge on any atom is -0.351 e. The normalized spacial score (nSPS) is 17.9. The number of tetrazole rings is 1. The molecular formula is C17H23N5O. The summed E-state index contributed by atoms with van der Waals surface area (Å²) in [6, 6.07) is 9.40. The van der Waals surface area contributed by atoms with Gasteiger partial charge in [-0.05, 0) is 28.8 Å². The van der Waals surface area contributed by atoms with E-state index in [1.54, 1.807) is 0 Å². The Balaban J connectivity index is 1.75. The molecule has 6 heteroatoms. The first-order valence-electron chi connectivity index (χ1n) is 8.42. The molecule has 0 aliphatic heterocycles. The second-order valence-corrected chi connectivity index (χ2v) is 6.15. The highest BCUT2D eigenvalue weighted by atomic mass is 16.2. The Morgan fingerprint density at radius 3 is 2.43 bits per heavy atom. The van der Waals surface area contributed by atoms with Gasteiger partial charge >= 0.3 is 0 Å². The van der Waals surface area contributed by atoms with Gasteiger partial charge in [-0.2, -0.15) is 0 Å². The molecule has 0 radical (unpaired) electrons. The quantitative estimate of drug-likeness (QED) is 0.941. The maximum absolute atomic E-state index is 12.9. The summed E-state index contributed by atoms with van der Waals surface area (Å²) in [4.78, 5) is 12.9. The lowest BCUT2D eigenvalue weighted by Gasteiger charge is -2.24. The summed E-state index contributed by atoms with van der Waals surface area (Å²) in [6.45, 7) is 0. The van der Waals surface area contributed by atoms with Gasteiger partial charge in [0.25, 0.3) is 0 Å². The fraction of sp³-hybridized carbons (Fsp3) is 0.529. The Morgan fingerprint density at radius 1 is 1.09 bits per heavy atom. The van der Waals surface area contributed by atoms with E-state index in [-0.39, 0.29) is 11.9 Å². The van der Waals surface area contributed by atoms with Crippen LogP contribution in [0.3, 0.4) is 0 Å². The van der Waals surface area contributed by atoms with Gasteiger partial charge in [0.05, 0.1) is 0 Å². The van der Waals surface area contributed by atoms with Gasteiger partial charge in [0.2, 0.25) is 5.91 Å². The number of rotatable bonds is 4. The van der Waals surface area contributed by atoms with Crippen LogP contribution in [-0.2, 0) is 4.79 Å². The van der Waals surface area contributed by atoms with Gasteiger partial charge in [-0.15, -0.1) is 5.10 Å². The van der Waals surface area contributed by atoms with Gasteiger partial charge in [-0.1, -0.05) is 62.4 Å². The van der Waals surface area contributed by atoms with Crippen LogP contribution < -0.4 is 5.32 Å². The van der Waals surface area contributed by atoms with Crippen molar-refractivity contribution in [3.05, 3.63) is 42.2 Å². The van der Waals surface area contributed by atoms with E-state index in [1.165, 1.54) is 43.1 Å². The molecule has 1 amide bonds. The van der Waals surface area contributed by atoms with Gasteiger partial charge in [0.1, 0.15) is 6.33 Å². The van der Waals surface area contributed by atoms with Crippen molar-refractivity contribution >= 4 is 5.91 Å². The van der Waals surface area contributed by atoms with E-state index in [0.29, 0.717) is 0 Å². The SMILES string of the molecule is O=C(NC1CCCCCCC1)[C@@H](c1ccccc1)n1cnnn1. The summed E-state index contributed by atoms with van der Waals surface area (Å²) >= 11 is 0. The highest BCUT2D eigenvalue weighted by molar-refractivity contribution is 5.83. The number of benzene rings is 1. The third kappa shape index (κ3) is 4.15. The number of hydrogen-bond donors (Lipinski definition) is 1. The van der Waals surface area contributed by atoms with E-state index in [9.17, 15) is 4.79 Å². The Hall–Kier alpha value is -2.24. The van der Waals surface area contributed by atoms with E-state index in [4.69, 9.17) is 0 Å². The average molecular weight is 313 g/mol. The van der Waals surface area contributed by atoms with Gasteiger partial charge in [0.15, 0.2) is 6.04 Å². The lowest BCUT2D eigenvalue weighted by molar-refractivity contribution is -0.124. The Bertz CT molecular complexity index is 591. The fourth-order valence-corrected chi connectivity index (χ4v) is 3.23. The summed E-state index contributed by atoms with van der Waals surface area (Å²) in [5, 5.41) is 14.5. The minimum atomic E-state index is -0.517. The number of hydrogen-bond acceptors (Lipinski definition) is 4. The zero-order valence-electron chi connectivity index (χ0n) is 13.3. The van der Waals surface area contributed by atoms with Gasteiger partial charge in [0, 0.05) is 6.04 Å². The first-order valence-corrected chi connectivity index (χ1v) is 8.42. The summed E-state index contributed by atoms with van der Waals surface area (Å²) in [6.07, 6.45) is 9.83. The molecule has 1 N–H and O–H groups in total. The molecule has 1 atom stereocenters. The molecule has 1 aromatic heterocycles. The van der Waals surface area contributed by atoms with E-state index in [0.717, 1.165) is 18.4 Å². The second kappa shape index (κ2) is 7.85. The van der Waals surface area contributed by atoms with E-state index in [1.807, 2.05) is 30.3 Å². The molecular weight excluding hydrogens is 290 g/mol. The number of nitrogens with zero attached hydrogens (tertiary/aromatic N) is 4. The van der Waals surface area contributed by atoms with Gasteiger partial charge in [-0.25, -0.2) is 4.68 Å². The highest BCUT2D eigenvalue weighted by Gasteiger charge is 2.26. The van der Waals surface area contributed by atoms with Crippen molar-refractivity contribution in [3.8, 4) is 0 Å². The molecule has 1 aliphatic carbocycles. The van der Waals surface area contributed by atoms with Crippen LogP contribution in [0, 0.1) is 0 Å². The van der Waals surface area contributed by atoms with Crippen molar-refractivity contribution in [2.45, 2.75) is 57.0 Å². The summed E-state index contributed by atoms with van der Waals surface area (Å²) in [7, 11) is 0. The van der Waals surface area contributed by atoms with Crippen LogP contribution in [0.25, 0.3) is 0 Å². The van der Waals surface area contributed by atoms with E-state index >= 15 is 0 Å². The second-order valence-electron chi connectivity index (χ2n) is 6.15. The Kier molecular flexibility index (Phi) is 5.34. The lowest BCUT2D eigenvalue weighted by atomic mass is 9.96. The van der Waals surface area contributed by atoms with Crippen LogP contribution in [0.15, 0.2) is 36.7 Å². The molecule has 0 spiro atoms. The zero-order valence-corrected chi connectivity index (χ0v) is 13.3. The number of amides is 1. The fourth-order valence-electron chi connectivity index (χ4n) is 3.23. The Labute approximate surface area is 136 Å². The average Bonchev–Trinajstić information content (AvgIpc) is 3.05. The molecule has 0 bridgehead atoms. The molecule has 1 aromatic carbocycles. The van der Waals surface area contributed by atoms with Crippen molar-refractivity contribution < 1.29 is 4.79 Å². The number of nitrogens with one attached hydrogen (secondary N) is 1. The monoisotopic (exact) mass is 313 g/mol. The molecule has 1 fully saturated rings. The highest BCUT2D eigenvalue weighted by Crippen LogP contribution is 2.20. The predicted molar refractivity (Wildman–Crippen MR) is 86.6 cm³/mol. The standard InChI is InChI=1S/C17H23N5O/c23-17(19-15-11-7-2-1-3-8-12-15)16(22-13-18-20-21-22)14-9-5-4-6-10-14/h4-6,9-10,13,15-16H,1-3,7-8,11-12H2,(H,19,23)/t16-/m1/s1. The molecule has 1 heterocycles. The lowest BCUT2D eigenvalue weighted by Crippen LogP contribution is -2.40. The molecule has 3 rings (SSSR count). The van der Waals surface area contributed by atoms with Gasteiger partial charge in [-0.3, -0.25) is 4.79 Å². The Morgan fingerprint density at radius 2 is 1.78 bits per heavy atom. The van der Waals surface area contributed by atoms with Crippen molar-refractivity contribution in [1.29, 1.82) is 0 Å². The van der Waals surface area contributed by atoms with Crippen molar-refractivity contribution in [3.63, 3.8) is 0 Å². The van der Waals surface area contributed by atoms with E-state index in [2.05, 4.69) is 20.8 Å². The van der Waals surface area contributed by atoms with Crippen molar-refractivity contribution in [2.24, 2.45) is 0 Å². The van der Waals surface area contributed by atoms with Crippen LogP contribution in [0.4, 0.5) is 0 Å². The summed E-state index contributed by atoms with van der Waals surface area (Å²) in [5.74, 6) is -0.0333. The topological polar surface area (TPSA) is 72.7 Å². The minimum absolute atomic E-state index is 0.0333. The zero-order chi connectivity index (χ0) is 15.9. The number of aromatic nitrogens is 4. The number of carbonyl (C=O) groups is 1. The van der Waals surface area contributed by atoms with Crippen molar-refractivity contribution in [2.75, 3.05) is 0 Å². The molecule has 1 saturated carbocycles. The van der Waals surface area contributed by atoms with Crippen LogP contribution >= 0.6 is 0 Å². The molecule has 1 aliphatic rings. The number of carbonyl (C=O) groups excluding carboxylic acids is 1. The first kappa shape index (κ1) is 15.6. The smallest absolute Gasteiger partial charge is 0.249 e. The predicted octanol–water partition coefficient (Wildman–Crippen LogP) is 2.49. The van der Waals surface area contributed by atoms with Crippen LogP contribution in [0.5, 0.6) is 0 Å². The van der Waals surface area contributed by atoms with Crippen LogP contribution in [0.1, 0.15) is 56.6 Å². The molecule has 0 unspecified atom stereocenters. The third-order valence-electron chi connectivity index (χ3n) is 4.44. The maximum Gasteiger partial charge on any atom is 0.249 e. The third-order valence-corrected chi connectivity index (χ3v) is 4.44. The van der Waals surface area contributed by atoms with E-state index < -0.39 is 6.04 Å². The summed E-state index contributed by atoms with van der Waals surface area (Å²) < 4.78 is 1.52. The molecule has 0 saturated heterocycles. The molecule has 2 aromatic rings. The maximum atomic E-state index is 12.9. The van der Waals surface area contributed by atoms with Crippen LogP contribution in [-0.4, -0.2) is 32.2 Å². The largest absolute Gasteiger partial charge is 0.351 e. The summed E-state index contributed by atoms with van der Waals surface area (Å²) in [5.41, 5.74) is 0.892. The molecule has 23 heavy (non-hydrogen) atoms. The van der Waals surface area contributed by atoms with Gasteiger partial charge < -0.3 is 5.32 Å². The molecule has 122 valence electrons. The molecule has 6 nitrogen and oxygen atoms in total. The first-order chi connectivity index (χ1) is 11.3. The van der Waals surface area contributed by atoms with Crippen LogP contribution in [0.2, 0.25) is 0 Å².